The number of nitrogens with one attached hydrogen (secondary N) is 2. The van der Waals surface area contributed by atoms with Crippen molar-refractivity contribution in [3.63, 3.8) is 0 Å². The number of aromatic nitrogens is 3. The minimum atomic E-state index is -3.77. The Morgan fingerprint density at radius 3 is 2.43 bits per heavy atom. The number of nitrogens with zero attached hydrogens (tertiary/aromatic N) is 3. The molecule has 3 aliphatic rings. The van der Waals surface area contributed by atoms with Crippen LogP contribution in [0.3, 0.4) is 0 Å². The maximum Gasteiger partial charge on any atom is 0.278 e. The number of sulfonamides is 1. The summed E-state index contributed by atoms with van der Waals surface area (Å²) in [6.07, 6.45) is 7.20. The number of aliphatic hydroxyl groups is 1. The Labute approximate surface area is 177 Å². The van der Waals surface area contributed by atoms with E-state index in [1.165, 1.54) is 26.6 Å². The molecule has 1 atom stereocenters. The lowest BCUT2D eigenvalue weighted by atomic mass is 9.91. The van der Waals surface area contributed by atoms with Gasteiger partial charge in [-0.3, -0.25) is 0 Å². The van der Waals surface area contributed by atoms with Crippen LogP contribution in [0.25, 0.3) is 0 Å². The standard InChI is InChI=1S/C21H29N5O3S/c1-21(2,27)15-9-10-26(12-15)30(28,29)20-23-19(24-25-20)22-18-16-7-3-5-13(16)11-14-6-4-8-17(14)18/h11,15,27H,3-10,12H2,1-2H3,(H2,22,23,24,25). The summed E-state index contributed by atoms with van der Waals surface area (Å²) in [5, 5.41) is 20.2. The zero-order valence-electron chi connectivity index (χ0n) is 17.5. The van der Waals surface area contributed by atoms with Crippen LogP contribution in [-0.4, -0.2) is 51.7 Å². The number of hydrogen-bond acceptors (Lipinski definition) is 6. The van der Waals surface area contributed by atoms with Gasteiger partial charge < -0.3 is 10.4 Å². The molecule has 1 aromatic carbocycles. The molecule has 1 unspecified atom stereocenters. The van der Waals surface area contributed by atoms with Gasteiger partial charge in [0.05, 0.1) is 5.60 Å². The molecule has 5 rings (SSSR count). The zero-order valence-corrected chi connectivity index (χ0v) is 18.3. The van der Waals surface area contributed by atoms with Crippen molar-refractivity contribution in [2.75, 3.05) is 18.4 Å². The SMILES string of the molecule is CC(C)(O)C1CCN(S(=O)(=O)c2nc(Nc3c4c(cc5c3CCC5)CCC4)n[nH]2)C1. The van der Waals surface area contributed by atoms with Gasteiger partial charge in [0.15, 0.2) is 0 Å². The van der Waals surface area contributed by atoms with E-state index >= 15 is 0 Å². The van der Waals surface area contributed by atoms with Gasteiger partial charge in [-0.25, -0.2) is 13.5 Å². The summed E-state index contributed by atoms with van der Waals surface area (Å²) in [5.74, 6) is 0.198. The Morgan fingerprint density at radius 2 is 1.83 bits per heavy atom. The number of H-pyrrole nitrogens is 1. The first-order valence-electron chi connectivity index (χ1n) is 10.8. The smallest absolute Gasteiger partial charge is 0.278 e. The second-order valence-corrected chi connectivity index (χ2v) is 11.2. The van der Waals surface area contributed by atoms with Crippen LogP contribution < -0.4 is 5.32 Å². The van der Waals surface area contributed by atoms with Crippen LogP contribution in [-0.2, 0) is 35.7 Å². The van der Waals surface area contributed by atoms with Gasteiger partial charge in [0.2, 0.25) is 5.95 Å². The minimum Gasteiger partial charge on any atom is -0.390 e. The molecule has 2 heterocycles. The molecule has 0 bridgehead atoms. The fourth-order valence-electron chi connectivity index (χ4n) is 5.14. The molecule has 1 aliphatic heterocycles. The van der Waals surface area contributed by atoms with Crippen LogP contribution >= 0.6 is 0 Å². The lowest BCUT2D eigenvalue weighted by molar-refractivity contribution is 0.0236. The molecule has 1 aromatic heterocycles. The monoisotopic (exact) mass is 431 g/mol. The van der Waals surface area contributed by atoms with Gasteiger partial charge in [-0.2, -0.15) is 9.29 Å². The summed E-state index contributed by atoms with van der Waals surface area (Å²) in [4.78, 5) is 4.29. The van der Waals surface area contributed by atoms with Gasteiger partial charge in [-0.05, 0) is 81.0 Å². The predicted molar refractivity (Wildman–Crippen MR) is 113 cm³/mol. The van der Waals surface area contributed by atoms with Gasteiger partial charge in [0, 0.05) is 24.7 Å². The molecule has 9 heteroatoms. The fraction of sp³-hybridized carbons (Fsp3) is 0.619. The molecular formula is C21H29N5O3S. The lowest BCUT2D eigenvalue weighted by Gasteiger charge is -2.25. The van der Waals surface area contributed by atoms with Crippen molar-refractivity contribution in [2.45, 2.75) is 69.6 Å². The first-order valence-corrected chi connectivity index (χ1v) is 12.3. The molecule has 2 aromatic rings. The van der Waals surface area contributed by atoms with Crippen LogP contribution in [0.1, 0.15) is 55.4 Å². The molecule has 0 saturated carbocycles. The number of aromatic amines is 1. The van der Waals surface area contributed by atoms with Crippen molar-refractivity contribution < 1.29 is 13.5 Å². The largest absolute Gasteiger partial charge is 0.390 e. The highest BCUT2D eigenvalue weighted by atomic mass is 32.2. The van der Waals surface area contributed by atoms with Gasteiger partial charge in [-0.1, -0.05) is 6.07 Å². The minimum absolute atomic E-state index is 0.0951. The Balaban J connectivity index is 1.40. The van der Waals surface area contributed by atoms with Crippen LogP contribution in [0.2, 0.25) is 0 Å². The normalized spacial score (nSPS) is 21.8. The number of anilines is 2. The van der Waals surface area contributed by atoms with Crippen LogP contribution in [0, 0.1) is 5.92 Å². The third-order valence-electron chi connectivity index (χ3n) is 6.91. The summed E-state index contributed by atoms with van der Waals surface area (Å²) in [6, 6.07) is 2.36. The van der Waals surface area contributed by atoms with Gasteiger partial charge in [0.1, 0.15) is 0 Å². The van der Waals surface area contributed by atoms with E-state index in [0.717, 1.165) is 44.2 Å². The van der Waals surface area contributed by atoms with Gasteiger partial charge in [-0.15, -0.1) is 5.10 Å². The number of aryl methyl sites for hydroxylation is 2. The second kappa shape index (κ2) is 7.03. The van der Waals surface area contributed by atoms with Crippen molar-refractivity contribution in [3.8, 4) is 0 Å². The maximum atomic E-state index is 13.0. The van der Waals surface area contributed by atoms with Gasteiger partial charge >= 0.3 is 0 Å². The molecule has 1 fully saturated rings. The first-order chi connectivity index (χ1) is 14.2. The quantitative estimate of drug-likeness (QED) is 0.670. The van der Waals surface area contributed by atoms with Crippen LogP contribution in [0.4, 0.5) is 11.6 Å². The molecule has 0 spiro atoms. The van der Waals surface area contributed by atoms with E-state index in [1.54, 1.807) is 13.8 Å². The Hall–Kier alpha value is -1.97. The zero-order chi connectivity index (χ0) is 21.1. The highest BCUT2D eigenvalue weighted by Gasteiger charge is 2.40. The average Bonchev–Trinajstić information content (AvgIpc) is 3.45. The molecule has 2 aliphatic carbocycles. The average molecular weight is 432 g/mol. The lowest BCUT2D eigenvalue weighted by Crippen LogP contribution is -2.35. The molecule has 162 valence electrons. The van der Waals surface area contributed by atoms with Crippen molar-refractivity contribution in [1.82, 2.24) is 19.5 Å². The third-order valence-corrected chi connectivity index (χ3v) is 8.59. The van der Waals surface area contributed by atoms with Crippen LogP contribution in [0.5, 0.6) is 0 Å². The van der Waals surface area contributed by atoms with Crippen LogP contribution in [0.15, 0.2) is 11.2 Å². The van der Waals surface area contributed by atoms with E-state index in [2.05, 4.69) is 26.6 Å². The summed E-state index contributed by atoms with van der Waals surface area (Å²) in [6.45, 7) is 4.11. The van der Waals surface area contributed by atoms with E-state index in [9.17, 15) is 13.5 Å². The fourth-order valence-corrected chi connectivity index (χ4v) is 6.47. The highest BCUT2D eigenvalue weighted by Crippen LogP contribution is 2.39. The van der Waals surface area contributed by atoms with E-state index in [-0.39, 0.29) is 17.6 Å². The Morgan fingerprint density at radius 1 is 1.17 bits per heavy atom. The first kappa shape index (κ1) is 20.0. The molecule has 30 heavy (non-hydrogen) atoms. The maximum absolute atomic E-state index is 13.0. The molecule has 1 saturated heterocycles. The number of hydrogen-bond donors (Lipinski definition) is 3. The summed E-state index contributed by atoms with van der Waals surface area (Å²) in [7, 11) is -3.77. The van der Waals surface area contributed by atoms with Crippen molar-refractivity contribution in [1.29, 1.82) is 0 Å². The highest BCUT2D eigenvalue weighted by molar-refractivity contribution is 7.89. The van der Waals surface area contributed by atoms with Gasteiger partial charge in [0.25, 0.3) is 15.2 Å². The number of rotatable bonds is 5. The summed E-state index contributed by atoms with van der Waals surface area (Å²) >= 11 is 0. The Bertz CT molecular complexity index is 1050. The van der Waals surface area contributed by atoms with E-state index in [4.69, 9.17) is 0 Å². The van der Waals surface area contributed by atoms with Crippen molar-refractivity contribution in [2.24, 2.45) is 5.92 Å². The number of fused-ring (bicyclic) bond motifs is 2. The van der Waals surface area contributed by atoms with E-state index in [1.807, 2.05) is 0 Å². The molecule has 0 amide bonds. The molecule has 3 N–H and O–H groups in total. The summed E-state index contributed by atoms with van der Waals surface area (Å²) in [5.41, 5.74) is 5.64. The predicted octanol–water partition coefficient (Wildman–Crippen LogP) is 2.31. The van der Waals surface area contributed by atoms with E-state index in [0.29, 0.717) is 18.9 Å². The topological polar surface area (TPSA) is 111 Å². The second-order valence-electron chi connectivity index (χ2n) is 9.33. The molecule has 0 radical (unpaired) electrons. The van der Waals surface area contributed by atoms with Crippen molar-refractivity contribution in [3.05, 3.63) is 28.3 Å². The van der Waals surface area contributed by atoms with Crippen molar-refractivity contribution >= 4 is 21.7 Å². The summed E-state index contributed by atoms with van der Waals surface area (Å²) < 4.78 is 27.4. The third kappa shape index (κ3) is 3.33. The van der Waals surface area contributed by atoms with E-state index < -0.39 is 15.6 Å². The number of benzene rings is 1. The molecular weight excluding hydrogens is 402 g/mol. The Kier molecular flexibility index (Phi) is 4.68. The molecule has 8 nitrogen and oxygen atoms in total.